The Kier molecular flexibility index (Phi) is 3.38. The summed E-state index contributed by atoms with van der Waals surface area (Å²) < 4.78 is 1.96. The van der Waals surface area contributed by atoms with Gasteiger partial charge < -0.3 is 4.79 Å². The van der Waals surface area contributed by atoms with Crippen LogP contribution >= 0.6 is 0 Å². The second-order valence-electron chi connectivity index (χ2n) is 4.16. The molecule has 3 nitrogen and oxygen atoms in total. The summed E-state index contributed by atoms with van der Waals surface area (Å²) in [5, 5.41) is 4.48. The summed E-state index contributed by atoms with van der Waals surface area (Å²) in [4.78, 5) is 10.6. The zero-order valence-electron chi connectivity index (χ0n) is 10.2. The number of aromatic nitrogens is 2. The van der Waals surface area contributed by atoms with Gasteiger partial charge in [0.1, 0.15) is 6.29 Å². The van der Waals surface area contributed by atoms with E-state index in [0.29, 0.717) is 6.42 Å². The third-order valence-corrected chi connectivity index (χ3v) is 2.99. The van der Waals surface area contributed by atoms with E-state index < -0.39 is 0 Å². The first kappa shape index (κ1) is 11.6. The monoisotopic (exact) mass is 228 g/mol. The van der Waals surface area contributed by atoms with Gasteiger partial charge in [-0.3, -0.25) is 4.68 Å². The summed E-state index contributed by atoms with van der Waals surface area (Å²) in [5.74, 6) is 0. The van der Waals surface area contributed by atoms with Gasteiger partial charge in [0.25, 0.3) is 0 Å². The lowest BCUT2D eigenvalue weighted by Crippen LogP contribution is -2.04. The second-order valence-corrected chi connectivity index (χ2v) is 4.16. The summed E-state index contributed by atoms with van der Waals surface area (Å²) in [5.41, 5.74) is 4.30. The fourth-order valence-corrected chi connectivity index (χ4v) is 2.02. The average molecular weight is 228 g/mol. The molecule has 2 rings (SSSR count). The first-order valence-corrected chi connectivity index (χ1v) is 5.73. The van der Waals surface area contributed by atoms with E-state index in [2.05, 4.69) is 17.2 Å². The highest BCUT2D eigenvalue weighted by Crippen LogP contribution is 2.14. The zero-order chi connectivity index (χ0) is 12.3. The highest BCUT2D eigenvalue weighted by molar-refractivity contribution is 5.56. The molecule has 0 spiro atoms. The standard InChI is InChI=1S/C14H16N2O/c1-11-14(8-9-17)12(2)16(15-11)10-13-6-4-3-5-7-13/h3-7,9H,8,10H2,1-2H3. The minimum absolute atomic E-state index is 0.451. The summed E-state index contributed by atoms with van der Waals surface area (Å²) >= 11 is 0. The summed E-state index contributed by atoms with van der Waals surface area (Å²) in [6, 6.07) is 10.2. The lowest BCUT2D eigenvalue weighted by atomic mass is 10.1. The van der Waals surface area contributed by atoms with Gasteiger partial charge in [0.15, 0.2) is 0 Å². The van der Waals surface area contributed by atoms with E-state index in [1.807, 2.05) is 36.7 Å². The van der Waals surface area contributed by atoms with Crippen LogP contribution in [0.5, 0.6) is 0 Å². The SMILES string of the molecule is Cc1nn(Cc2ccccc2)c(C)c1CC=O. The van der Waals surface area contributed by atoms with Gasteiger partial charge >= 0.3 is 0 Å². The zero-order valence-corrected chi connectivity index (χ0v) is 10.2. The fraction of sp³-hybridized carbons (Fsp3) is 0.286. The normalized spacial score (nSPS) is 10.5. The van der Waals surface area contributed by atoms with Gasteiger partial charge in [-0.25, -0.2) is 0 Å². The van der Waals surface area contributed by atoms with Gasteiger partial charge in [0, 0.05) is 17.7 Å². The molecule has 3 heteroatoms. The van der Waals surface area contributed by atoms with Crippen LogP contribution in [0.25, 0.3) is 0 Å². The van der Waals surface area contributed by atoms with Crippen LogP contribution in [0.15, 0.2) is 30.3 Å². The highest BCUT2D eigenvalue weighted by atomic mass is 16.1. The van der Waals surface area contributed by atoms with Crippen molar-refractivity contribution in [1.29, 1.82) is 0 Å². The van der Waals surface area contributed by atoms with Gasteiger partial charge in [0.2, 0.25) is 0 Å². The fourth-order valence-electron chi connectivity index (χ4n) is 2.02. The van der Waals surface area contributed by atoms with Crippen LogP contribution < -0.4 is 0 Å². The maximum absolute atomic E-state index is 10.6. The van der Waals surface area contributed by atoms with Crippen molar-refractivity contribution in [3.05, 3.63) is 52.8 Å². The summed E-state index contributed by atoms with van der Waals surface area (Å²) in [6.45, 7) is 4.72. The van der Waals surface area contributed by atoms with Crippen molar-refractivity contribution < 1.29 is 4.79 Å². The third kappa shape index (κ3) is 2.44. The molecule has 0 saturated heterocycles. The first-order valence-electron chi connectivity index (χ1n) is 5.73. The Morgan fingerprint density at radius 3 is 2.59 bits per heavy atom. The largest absolute Gasteiger partial charge is 0.303 e. The Morgan fingerprint density at radius 1 is 1.24 bits per heavy atom. The van der Waals surface area contributed by atoms with Crippen molar-refractivity contribution in [3.8, 4) is 0 Å². The van der Waals surface area contributed by atoms with Crippen molar-refractivity contribution in [2.45, 2.75) is 26.8 Å². The minimum atomic E-state index is 0.451. The van der Waals surface area contributed by atoms with E-state index in [0.717, 1.165) is 29.8 Å². The van der Waals surface area contributed by atoms with Crippen molar-refractivity contribution in [2.75, 3.05) is 0 Å². The molecule has 88 valence electrons. The molecule has 0 N–H and O–H groups in total. The van der Waals surface area contributed by atoms with Gasteiger partial charge in [-0.15, -0.1) is 0 Å². The molecule has 1 aromatic carbocycles. The molecule has 0 fully saturated rings. The Balaban J connectivity index is 2.28. The average Bonchev–Trinajstić information content (AvgIpc) is 2.59. The molecule has 0 bridgehead atoms. The number of carbonyl (C=O) groups excluding carboxylic acids is 1. The molecule has 0 amide bonds. The second kappa shape index (κ2) is 4.95. The predicted octanol–water partition coefficient (Wildman–Crippen LogP) is 2.29. The van der Waals surface area contributed by atoms with Crippen LogP contribution in [0.1, 0.15) is 22.5 Å². The maximum atomic E-state index is 10.6. The molecular weight excluding hydrogens is 212 g/mol. The molecule has 1 heterocycles. The molecule has 1 aromatic heterocycles. The Morgan fingerprint density at radius 2 is 1.94 bits per heavy atom. The molecule has 2 aromatic rings. The number of rotatable bonds is 4. The number of hydrogen-bond acceptors (Lipinski definition) is 2. The Hall–Kier alpha value is -1.90. The number of aryl methyl sites for hydroxylation is 1. The van der Waals surface area contributed by atoms with Crippen LogP contribution in [-0.2, 0) is 17.8 Å². The third-order valence-electron chi connectivity index (χ3n) is 2.99. The number of nitrogens with zero attached hydrogens (tertiary/aromatic N) is 2. The molecule has 0 aliphatic rings. The lowest BCUT2D eigenvalue weighted by molar-refractivity contribution is -0.107. The van der Waals surface area contributed by atoms with Crippen LogP contribution in [0.4, 0.5) is 0 Å². The highest BCUT2D eigenvalue weighted by Gasteiger charge is 2.10. The molecule has 0 unspecified atom stereocenters. The van der Waals surface area contributed by atoms with E-state index in [-0.39, 0.29) is 0 Å². The molecule has 0 aliphatic carbocycles. The van der Waals surface area contributed by atoms with E-state index in [1.54, 1.807) is 0 Å². The van der Waals surface area contributed by atoms with Crippen LogP contribution in [0.2, 0.25) is 0 Å². The number of aldehydes is 1. The van der Waals surface area contributed by atoms with Crippen LogP contribution in [0, 0.1) is 13.8 Å². The predicted molar refractivity (Wildman–Crippen MR) is 67.0 cm³/mol. The van der Waals surface area contributed by atoms with Crippen molar-refractivity contribution >= 4 is 6.29 Å². The van der Waals surface area contributed by atoms with E-state index >= 15 is 0 Å². The molecular formula is C14H16N2O. The van der Waals surface area contributed by atoms with Crippen molar-refractivity contribution in [2.24, 2.45) is 0 Å². The topological polar surface area (TPSA) is 34.9 Å². The number of carbonyl (C=O) groups is 1. The first-order chi connectivity index (χ1) is 8.22. The number of benzene rings is 1. The van der Waals surface area contributed by atoms with Crippen molar-refractivity contribution in [1.82, 2.24) is 9.78 Å². The van der Waals surface area contributed by atoms with Crippen LogP contribution in [-0.4, -0.2) is 16.1 Å². The summed E-state index contributed by atoms with van der Waals surface area (Å²) in [7, 11) is 0. The lowest BCUT2D eigenvalue weighted by Gasteiger charge is -2.04. The Bertz CT molecular complexity index is 515. The minimum Gasteiger partial charge on any atom is -0.303 e. The van der Waals surface area contributed by atoms with Gasteiger partial charge in [-0.1, -0.05) is 30.3 Å². The van der Waals surface area contributed by atoms with Crippen molar-refractivity contribution in [3.63, 3.8) is 0 Å². The van der Waals surface area contributed by atoms with Crippen LogP contribution in [0.3, 0.4) is 0 Å². The molecule has 0 radical (unpaired) electrons. The van der Waals surface area contributed by atoms with E-state index in [9.17, 15) is 4.79 Å². The maximum Gasteiger partial charge on any atom is 0.124 e. The number of hydrogen-bond donors (Lipinski definition) is 0. The van der Waals surface area contributed by atoms with E-state index in [1.165, 1.54) is 5.56 Å². The van der Waals surface area contributed by atoms with Gasteiger partial charge in [-0.05, 0) is 19.4 Å². The van der Waals surface area contributed by atoms with E-state index in [4.69, 9.17) is 0 Å². The smallest absolute Gasteiger partial charge is 0.124 e. The molecule has 0 atom stereocenters. The van der Waals surface area contributed by atoms with Gasteiger partial charge in [-0.2, -0.15) is 5.10 Å². The molecule has 0 saturated carbocycles. The molecule has 17 heavy (non-hydrogen) atoms. The molecule has 0 aliphatic heterocycles. The summed E-state index contributed by atoms with van der Waals surface area (Å²) in [6.07, 6.45) is 1.39. The quantitative estimate of drug-likeness (QED) is 0.752. The van der Waals surface area contributed by atoms with Gasteiger partial charge in [0.05, 0.1) is 12.2 Å². The Labute approximate surface area is 101 Å².